The summed E-state index contributed by atoms with van der Waals surface area (Å²) in [7, 11) is 0. The first kappa shape index (κ1) is 36.8. The van der Waals surface area contributed by atoms with Gasteiger partial charge in [0.2, 0.25) is 0 Å². The number of hydrogen-bond donors (Lipinski definition) is 0. The van der Waals surface area contributed by atoms with Crippen molar-refractivity contribution < 1.29 is 0 Å². The average molecular weight is 791 g/mol. The van der Waals surface area contributed by atoms with Gasteiger partial charge in [0.1, 0.15) is 0 Å². The van der Waals surface area contributed by atoms with E-state index in [1.54, 1.807) is 0 Å². The van der Waals surface area contributed by atoms with Crippen LogP contribution in [0.5, 0.6) is 0 Å². The average Bonchev–Trinajstić information content (AvgIpc) is 3.69. The molecule has 0 N–H and O–H groups in total. The van der Waals surface area contributed by atoms with E-state index >= 15 is 0 Å². The molecule has 11 aromatic rings. The van der Waals surface area contributed by atoms with Crippen molar-refractivity contribution in [3.63, 3.8) is 0 Å². The van der Waals surface area contributed by atoms with E-state index in [1.807, 2.05) is 0 Å². The van der Waals surface area contributed by atoms with Gasteiger partial charge in [0.05, 0.1) is 11.0 Å². The Labute approximate surface area is 362 Å². The second kappa shape index (κ2) is 16.1. The largest absolute Gasteiger partial charge is 0.310 e. The van der Waals surface area contributed by atoms with Crippen molar-refractivity contribution in [1.29, 1.82) is 0 Å². The van der Waals surface area contributed by atoms with Gasteiger partial charge in [-0.2, -0.15) is 0 Å². The summed E-state index contributed by atoms with van der Waals surface area (Å²) >= 11 is 0. The van der Waals surface area contributed by atoms with E-state index in [-0.39, 0.29) is 0 Å². The van der Waals surface area contributed by atoms with Gasteiger partial charge in [-0.15, -0.1) is 0 Å². The molecule has 0 radical (unpaired) electrons. The van der Waals surface area contributed by atoms with Crippen LogP contribution >= 0.6 is 0 Å². The molecule has 0 saturated carbocycles. The summed E-state index contributed by atoms with van der Waals surface area (Å²) in [6, 6.07) is 92.0. The van der Waals surface area contributed by atoms with Gasteiger partial charge in [-0.05, 0) is 116 Å². The van der Waals surface area contributed by atoms with Gasteiger partial charge in [-0.25, -0.2) is 0 Å². The Morgan fingerprint density at radius 2 is 0.710 bits per heavy atom. The van der Waals surface area contributed by atoms with Crippen molar-refractivity contribution in [2.45, 2.75) is 0 Å². The molecule has 11 rings (SSSR count). The number of aromatic nitrogens is 1. The predicted molar refractivity (Wildman–Crippen MR) is 263 cm³/mol. The number of hydrogen-bond acceptors (Lipinski definition) is 1. The van der Waals surface area contributed by atoms with Crippen molar-refractivity contribution in [3.8, 4) is 61.3 Å². The highest BCUT2D eigenvalue weighted by atomic mass is 15.1. The molecule has 0 saturated heterocycles. The van der Waals surface area contributed by atoms with Crippen molar-refractivity contribution in [2.75, 3.05) is 4.90 Å². The Morgan fingerprint density at radius 3 is 1.40 bits per heavy atom. The molecule has 1 aromatic heterocycles. The van der Waals surface area contributed by atoms with Gasteiger partial charge in [-0.3, -0.25) is 0 Å². The topological polar surface area (TPSA) is 8.17 Å². The third kappa shape index (κ3) is 6.84. The molecular weight excluding hydrogens is 749 g/mol. The fourth-order valence-electron chi connectivity index (χ4n) is 9.07. The van der Waals surface area contributed by atoms with E-state index < -0.39 is 0 Å². The third-order valence-electron chi connectivity index (χ3n) is 12.0. The molecule has 10 aromatic carbocycles. The molecule has 62 heavy (non-hydrogen) atoms. The van der Waals surface area contributed by atoms with Crippen LogP contribution in [-0.4, -0.2) is 4.57 Å². The molecule has 0 unspecified atom stereocenters. The van der Waals surface area contributed by atoms with E-state index in [0.29, 0.717) is 0 Å². The first-order valence-electron chi connectivity index (χ1n) is 21.3. The van der Waals surface area contributed by atoms with E-state index in [9.17, 15) is 0 Å². The third-order valence-corrected chi connectivity index (χ3v) is 12.0. The molecule has 2 heteroatoms. The lowest BCUT2D eigenvalue weighted by molar-refractivity contribution is 1.18. The Kier molecular flexibility index (Phi) is 9.57. The number of benzene rings is 10. The molecule has 0 aliphatic rings. The summed E-state index contributed by atoms with van der Waals surface area (Å²) in [5.41, 5.74) is 18.7. The van der Waals surface area contributed by atoms with E-state index in [4.69, 9.17) is 0 Å². The maximum atomic E-state index is 2.44. The number of nitrogens with zero attached hydrogens (tertiary/aromatic N) is 2. The maximum Gasteiger partial charge on any atom is 0.0547 e. The standard InChI is InChI=1S/C60H42N2/c1-5-18-43(19-6-1)44-32-35-50(36-33-44)61(49-25-11-4-12-26-49)51-27-17-24-47(40-51)53-28-13-14-29-54(53)48-34-38-57-56-30-15-16-31-59(56)62(60(57)41-48)52-37-39-55(45-20-7-2-8-21-45)58(42-52)46-22-9-3-10-23-46/h1-42H. The zero-order valence-corrected chi connectivity index (χ0v) is 34.1. The normalized spacial score (nSPS) is 11.2. The van der Waals surface area contributed by atoms with Crippen LogP contribution in [0.15, 0.2) is 255 Å². The Morgan fingerprint density at radius 1 is 0.242 bits per heavy atom. The summed E-state index contributed by atoms with van der Waals surface area (Å²) < 4.78 is 2.44. The molecule has 292 valence electrons. The molecule has 0 spiro atoms. The lowest BCUT2D eigenvalue weighted by Gasteiger charge is -2.26. The Balaban J connectivity index is 1.03. The summed E-state index contributed by atoms with van der Waals surface area (Å²) in [5.74, 6) is 0. The molecule has 0 bridgehead atoms. The first-order valence-corrected chi connectivity index (χ1v) is 21.3. The minimum Gasteiger partial charge on any atom is -0.310 e. The van der Waals surface area contributed by atoms with E-state index in [2.05, 4.69) is 264 Å². The van der Waals surface area contributed by atoms with Gasteiger partial charge in [-0.1, -0.05) is 194 Å². The van der Waals surface area contributed by atoms with Crippen LogP contribution in [0.4, 0.5) is 17.1 Å². The van der Waals surface area contributed by atoms with Crippen LogP contribution in [0.1, 0.15) is 0 Å². The molecule has 0 atom stereocenters. The second-order valence-corrected chi connectivity index (χ2v) is 15.7. The van der Waals surface area contributed by atoms with Crippen LogP contribution < -0.4 is 4.90 Å². The van der Waals surface area contributed by atoms with Gasteiger partial charge in [0.25, 0.3) is 0 Å². The van der Waals surface area contributed by atoms with Gasteiger partial charge in [0, 0.05) is 33.5 Å². The summed E-state index contributed by atoms with van der Waals surface area (Å²) in [5, 5.41) is 2.47. The molecule has 0 amide bonds. The first-order chi connectivity index (χ1) is 30.8. The van der Waals surface area contributed by atoms with E-state index in [0.717, 1.165) is 28.3 Å². The van der Waals surface area contributed by atoms with E-state index in [1.165, 1.54) is 71.9 Å². The highest BCUT2D eigenvalue weighted by molar-refractivity contribution is 6.10. The summed E-state index contributed by atoms with van der Waals surface area (Å²) in [4.78, 5) is 2.35. The number of anilines is 3. The van der Waals surface area contributed by atoms with Crippen molar-refractivity contribution in [3.05, 3.63) is 255 Å². The van der Waals surface area contributed by atoms with Crippen molar-refractivity contribution in [2.24, 2.45) is 0 Å². The predicted octanol–water partition coefficient (Wildman–Crippen LogP) is 16.6. The van der Waals surface area contributed by atoms with Crippen LogP contribution in [0, 0.1) is 0 Å². The number of rotatable bonds is 9. The minimum absolute atomic E-state index is 1.10. The summed E-state index contributed by atoms with van der Waals surface area (Å²) in [6.45, 7) is 0. The maximum absolute atomic E-state index is 2.44. The monoisotopic (exact) mass is 790 g/mol. The number of fused-ring (bicyclic) bond motifs is 3. The quantitative estimate of drug-likeness (QED) is 0.141. The van der Waals surface area contributed by atoms with Gasteiger partial charge >= 0.3 is 0 Å². The molecule has 0 fully saturated rings. The Hall–Kier alpha value is -8.20. The molecule has 1 heterocycles. The lowest BCUT2D eigenvalue weighted by atomic mass is 9.93. The van der Waals surface area contributed by atoms with Crippen LogP contribution in [-0.2, 0) is 0 Å². The fraction of sp³-hybridized carbons (Fsp3) is 0. The highest BCUT2D eigenvalue weighted by Crippen LogP contribution is 2.42. The molecule has 2 nitrogen and oxygen atoms in total. The second-order valence-electron chi connectivity index (χ2n) is 15.7. The molecule has 0 aliphatic carbocycles. The smallest absolute Gasteiger partial charge is 0.0547 e. The van der Waals surface area contributed by atoms with Crippen LogP contribution in [0.3, 0.4) is 0 Å². The lowest BCUT2D eigenvalue weighted by Crippen LogP contribution is -2.09. The van der Waals surface area contributed by atoms with Gasteiger partial charge in [0.15, 0.2) is 0 Å². The molecular formula is C60H42N2. The number of para-hydroxylation sites is 2. The molecule has 0 aliphatic heterocycles. The highest BCUT2D eigenvalue weighted by Gasteiger charge is 2.19. The Bertz CT molecular complexity index is 3310. The zero-order valence-electron chi connectivity index (χ0n) is 34.1. The van der Waals surface area contributed by atoms with Gasteiger partial charge < -0.3 is 9.47 Å². The summed E-state index contributed by atoms with van der Waals surface area (Å²) in [6.07, 6.45) is 0. The van der Waals surface area contributed by atoms with Crippen molar-refractivity contribution in [1.82, 2.24) is 4.57 Å². The van der Waals surface area contributed by atoms with Crippen molar-refractivity contribution >= 4 is 38.9 Å². The fourth-order valence-corrected chi connectivity index (χ4v) is 9.07. The minimum atomic E-state index is 1.10. The SMILES string of the molecule is c1ccc(-c2ccc(N(c3ccccc3)c3cccc(-c4ccccc4-c4ccc5c6ccccc6n(-c6ccc(-c7ccccc7)c(-c7ccccc7)c6)c5c4)c3)cc2)cc1. The van der Waals surface area contributed by atoms with Crippen LogP contribution in [0.2, 0.25) is 0 Å². The van der Waals surface area contributed by atoms with Crippen LogP contribution in [0.25, 0.3) is 83.1 Å². The zero-order chi connectivity index (χ0) is 41.2.